The number of carbonyl (C=O) groups is 7. The third-order valence-electron chi connectivity index (χ3n) is 10.3. The summed E-state index contributed by atoms with van der Waals surface area (Å²) < 4.78 is 0. The summed E-state index contributed by atoms with van der Waals surface area (Å²) >= 11 is 0. The van der Waals surface area contributed by atoms with E-state index in [1.165, 1.54) is 13.8 Å². The van der Waals surface area contributed by atoms with Crippen molar-refractivity contribution >= 4 is 41.4 Å². The molecule has 334 valence electrons. The molecule has 0 aromatic heterocycles. The number of hydrogen-bond donors (Lipinski definition) is 7. The second-order valence-corrected chi connectivity index (χ2v) is 19.7. The minimum Gasteiger partial charge on any atom is -0.354 e. The normalized spacial score (nSPS) is 15.3. The Bertz CT molecular complexity index is 1400. The van der Waals surface area contributed by atoms with E-state index in [0.717, 1.165) is 38.6 Å². The number of amides is 7. The molecule has 2 atom stereocenters. The average Bonchev–Trinajstić information content (AvgIpc) is 3.01. The van der Waals surface area contributed by atoms with Crippen LogP contribution in [-0.4, -0.2) is 108 Å². The van der Waals surface area contributed by atoms with Crippen LogP contribution in [0.25, 0.3) is 0 Å². The van der Waals surface area contributed by atoms with E-state index in [4.69, 9.17) is 0 Å². The van der Waals surface area contributed by atoms with Crippen LogP contribution >= 0.6 is 0 Å². The van der Waals surface area contributed by atoms with Gasteiger partial charge in [-0.05, 0) is 112 Å². The van der Waals surface area contributed by atoms with Gasteiger partial charge in [0.1, 0.15) is 16.6 Å². The van der Waals surface area contributed by atoms with E-state index in [1.807, 2.05) is 41.8 Å². The summed E-state index contributed by atoms with van der Waals surface area (Å²) in [5.41, 5.74) is -4.16. The van der Waals surface area contributed by atoms with Gasteiger partial charge < -0.3 is 42.1 Å². The van der Waals surface area contributed by atoms with Crippen LogP contribution in [0.4, 0.5) is 0 Å². The summed E-state index contributed by atoms with van der Waals surface area (Å²) in [6.07, 6.45) is 5.88. The van der Waals surface area contributed by atoms with Gasteiger partial charge in [-0.1, -0.05) is 48.0 Å². The van der Waals surface area contributed by atoms with Crippen molar-refractivity contribution in [1.29, 1.82) is 0 Å². The maximum Gasteiger partial charge on any atom is 0.246 e. The van der Waals surface area contributed by atoms with E-state index in [1.54, 1.807) is 27.7 Å². The highest BCUT2D eigenvalue weighted by Crippen LogP contribution is 2.32. The van der Waals surface area contributed by atoms with Crippen LogP contribution in [0.3, 0.4) is 0 Å². The fourth-order valence-corrected chi connectivity index (χ4v) is 7.12. The predicted octanol–water partition coefficient (Wildman–Crippen LogP) is 3.45. The molecule has 7 N–H and O–H groups in total. The Morgan fingerprint density at radius 3 is 1.59 bits per heavy atom. The van der Waals surface area contributed by atoms with Crippen molar-refractivity contribution in [2.45, 2.75) is 188 Å². The lowest BCUT2D eigenvalue weighted by Gasteiger charge is -2.44. The fraction of sp³-hybridized carbons (Fsp3) is 0.837. The van der Waals surface area contributed by atoms with Gasteiger partial charge in [-0.3, -0.25) is 33.6 Å². The molecular weight excluding hydrogens is 741 g/mol. The topological polar surface area (TPSA) is 207 Å². The van der Waals surface area contributed by atoms with Gasteiger partial charge in [0.2, 0.25) is 41.4 Å². The van der Waals surface area contributed by atoms with Crippen molar-refractivity contribution in [2.75, 3.05) is 27.2 Å². The first-order chi connectivity index (χ1) is 26.6. The highest BCUT2D eigenvalue weighted by atomic mass is 16.2. The SMILES string of the molecule is CC(C)CCCC(=O)NC(C)(C)C(=O)N[C@H](CC(=O)N[C@H](CC(=O)NC(C)(C)C(=O)NC(C)(C)C(=O)NCCC(=O)NC1(CN(C)C)CCC1)CC(C)C)CC(C)C. The van der Waals surface area contributed by atoms with Gasteiger partial charge in [0.05, 0.1) is 5.54 Å². The zero-order valence-corrected chi connectivity index (χ0v) is 38.4. The van der Waals surface area contributed by atoms with Gasteiger partial charge in [0.25, 0.3) is 0 Å². The van der Waals surface area contributed by atoms with Gasteiger partial charge >= 0.3 is 0 Å². The van der Waals surface area contributed by atoms with Crippen molar-refractivity contribution in [2.24, 2.45) is 17.8 Å². The highest BCUT2D eigenvalue weighted by molar-refractivity contribution is 5.96. The number of hydrogen-bond acceptors (Lipinski definition) is 8. The maximum atomic E-state index is 13.4. The number of likely N-dealkylation sites (N-methyl/N-ethyl adjacent to an activating group) is 1. The maximum absolute atomic E-state index is 13.4. The van der Waals surface area contributed by atoms with E-state index < -0.39 is 46.4 Å². The second kappa shape index (κ2) is 23.1. The first kappa shape index (κ1) is 52.3. The number of carbonyl (C=O) groups excluding carboxylic acids is 7. The van der Waals surface area contributed by atoms with Gasteiger partial charge in [0.15, 0.2) is 0 Å². The predicted molar refractivity (Wildman–Crippen MR) is 228 cm³/mol. The molecule has 0 aromatic rings. The van der Waals surface area contributed by atoms with Gasteiger partial charge in [-0.25, -0.2) is 0 Å². The van der Waals surface area contributed by atoms with Crippen molar-refractivity contribution in [1.82, 2.24) is 42.1 Å². The van der Waals surface area contributed by atoms with Crippen LogP contribution in [0.15, 0.2) is 0 Å². The summed E-state index contributed by atoms with van der Waals surface area (Å²) in [5.74, 6) is -1.80. The fourth-order valence-electron chi connectivity index (χ4n) is 7.12. The lowest BCUT2D eigenvalue weighted by molar-refractivity contribution is -0.137. The zero-order valence-electron chi connectivity index (χ0n) is 38.4. The van der Waals surface area contributed by atoms with Crippen LogP contribution in [0.1, 0.15) is 154 Å². The van der Waals surface area contributed by atoms with E-state index in [-0.39, 0.29) is 66.8 Å². The standard InChI is InChI=1S/C43H80N8O7/c1-28(2)17-15-18-33(52)47-41(9,10)38(57)46-32(24-30(5)6)25-35(54)45-31(23-29(3)4)26-36(55)48-42(11,12)39(58)50-40(7,8)37(56)44-22-19-34(53)49-43(20-16-21-43)27-51(13)14/h28-32H,15-27H2,1-14H3,(H,44,56)(H,45,54)(H,46,57)(H,47,52)(H,48,55)(H,49,53)(H,50,58)/t31-,32-/m0/s1. The molecule has 1 fully saturated rings. The van der Waals surface area contributed by atoms with Crippen molar-refractivity contribution in [3.8, 4) is 0 Å². The van der Waals surface area contributed by atoms with Crippen molar-refractivity contribution in [3.63, 3.8) is 0 Å². The molecule has 7 amide bonds. The molecule has 1 rings (SSSR count). The highest BCUT2D eigenvalue weighted by Gasteiger charge is 2.40. The van der Waals surface area contributed by atoms with Crippen LogP contribution < -0.4 is 37.2 Å². The second-order valence-electron chi connectivity index (χ2n) is 19.7. The molecule has 1 saturated carbocycles. The molecule has 0 radical (unpaired) electrons. The molecule has 0 aromatic carbocycles. The van der Waals surface area contributed by atoms with Gasteiger partial charge in [0, 0.05) is 50.9 Å². The summed E-state index contributed by atoms with van der Waals surface area (Å²) in [5, 5.41) is 20.1. The monoisotopic (exact) mass is 821 g/mol. The van der Waals surface area contributed by atoms with E-state index >= 15 is 0 Å². The molecule has 15 nitrogen and oxygen atoms in total. The van der Waals surface area contributed by atoms with Crippen LogP contribution in [0.5, 0.6) is 0 Å². The Hall–Kier alpha value is -3.75. The van der Waals surface area contributed by atoms with Gasteiger partial charge in [-0.2, -0.15) is 0 Å². The number of nitrogens with one attached hydrogen (secondary N) is 7. The third-order valence-corrected chi connectivity index (χ3v) is 10.3. The molecule has 58 heavy (non-hydrogen) atoms. The summed E-state index contributed by atoms with van der Waals surface area (Å²) in [6.45, 7) is 22.4. The molecule has 0 heterocycles. The first-order valence-corrected chi connectivity index (χ1v) is 21.4. The van der Waals surface area contributed by atoms with E-state index in [0.29, 0.717) is 25.2 Å². The smallest absolute Gasteiger partial charge is 0.246 e. The molecule has 0 spiro atoms. The van der Waals surface area contributed by atoms with Crippen LogP contribution in [-0.2, 0) is 33.6 Å². The Balaban J connectivity index is 2.80. The minimum atomic E-state index is -1.41. The van der Waals surface area contributed by atoms with Crippen LogP contribution in [0.2, 0.25) is 0 Å². The van der Waals surface area contributed by atoms with Crippen LogP contribution in [0, 0.1) is 17.8 Å². The Kier molecular flexibility index (Phi) is 20.9. The summed E-state index contributed by atoms with van der Waals surface area (Å²) in [7, 11) is 3.94. The van der Waals surface area contributed by atoms with Crippen molar-refractivity contribution < 1.29 is 33.6 Å². The molecule has 0 unspecified atom stereocenters. The minimum absolute atomic E-state index is 0.0223. The Labute approximate surface area is 349 Å². The molecule has 0 bridgehead atoms. The van der Waals surface area contributed by atoms with E-state index in [2.05, 4.69) is 56.0 Å². The molecule has 1 aliphatic rings. The Morgan fingerprint density at radius 2 is 1.09 bits per heavy atom. The molecular formula is C43H80N8O7. The zero-order chi connectivity index (χ0) is 44.6. The molecule has 15 heteroatoms. The molecule has 0 saturated heterocycles. The number of nitrogens with zero attached hydrogens (tertiary/aromatic N) is 1. The quantitative estimate of drug-likeness (QED) is 0.0687. The Morgan fingerprint density at radius 1 is 0.586 bits per heavy atom. The summed E-state index contributed by atoms with van der Waals surface area (Å²) in [6, 6.07) is -1.06. The summed E-state index contributed by atoms with van der Waals surface area (Å²) in [4.78, 5) is 94.0. The average molecular weight is 821 g/mol. The third kappa shape index (κ3) is 19.8. The lowest BCUT2D eigenvalue weighted by atomic mass is 9.76. The number of rotatable bonds is 26. The van der Waals surface area contributed by atoms with Gasteiger partial charge in [-0.15, -0.1) is 0 Å². The van der Waals surface area contributed by atoms with E-state index in [9.17, 15) is 33.6 Å². The van der Waals surface area contributed by atoms with Crippen molar-refractivity contribution in [3.05, 3.63) is 0 Å². The largest absolute Gasteiger partial charge is 0.354 e. The molecule has 0 aliphatic heterocycles. The lowest BCUT2D eigenvalue weighted by Crippen LogP contribution is -2.63. The molecule has 1 aliphatic carbocycles. The first-order valence-electron chi connectivity index (χ1n) is 21.4.